The van der Waals surface area contributed by atoms with E-state index in [1.807, 2.05) is 36.7 Å². The van der Waals surface area contributed by atoms with Crippen LogP contribution in [0.4, 0.5) is 0 Å². The number of hydrogen-bond donors (Lipinski definition) is 0. The van der Waals surface area contributed by atoms with Crippen LogP contribution >= 0.6 is 0 Å². The first-order chi connectivity index (χ1) is 11.6. The number of rotatable bonds is 6. The van der Waals surface area contributed by atoms with Crippen molar-refractivity contribution in [2.24, 2.45) is 0 Å². The molecule has 0 amide bonds. The number of aryl methyl sites for hydroxylation is 3. The molecule has 0 saturated carbocycles. The van der Waals surface area contributed by atoms with Gasteiger partial charge in [-0.05, 0) is 42.7 Å². The van der Waals surface area contributed by atoms with Gasteiger partial charge in [0.15, 0.2) is 0 Å². The minimum Gasteiger partial charge on any atom is -0.464 e. The first-order valence-electron chi connectivity index (χ1n) is 8.26. The van der Waals surface area contributed by atoms with E-state index in [9.17, 15) is 4.79 Å². The average Bonchev–Trinajstić information content (AvgIpc) is 2.90. The monoisotopic (exact) mass is 322 g/mol. The second kappa shape index (κ2) is 7.30. The highest BCUT2D eigenvalue weighted by Crippen LogP contribution is 2.16. The van der Waals surface area contributed by atoms with Gasteiger partial charge in [0.1, 0.15) is 6.61 Å². The molecule has 1 aromatic heterocycles. The van der Waals surface area contributed by atoms with Gasteiger partial charge in [0.25, 0.3) is 0 Å². The van der Waals surface area contributed by atoms with Crippen molar-refractivity contribution in [3.8, 4) is 0 Å². The van der Waals surface area contributed by atoms with Crippen molar-refractivity contribution in [3.63, 3.8) is 0 Å². The number of fused-ring (bicyclic) bond motifs is 1. The van der Waals surface area contributed by atoms with Gasteiger partial charge in [-0.2, -0.15) is 5.10 Å². The zero-order chi connectivity index (χ0) is 16.9. The van der Waals surface area contributed by atoms with E-state index in [1.54, 1.807) is 0 Å². The number of ether oxygens (including phenoxy) is 1. The maximum absolute atomic E-state index is 11.9. The summed E-state index contributed by atoms with van der Waals surface area (Å²) in [7, 11) is 0. The molecule has 0 atom stereocenters. The fourth-order valence-corrected chi connectivity index (χ4v) is 2.86. The van der Waals surface area contributed by atoms with Gasteiger partial charge in [0, 0.05) is 12.1 Å². The van der Waals surface area contributed by atoms with E-state index in [4.69, 9.17) is 4.74 Å². The lowest BCUT2D eigenvalue weighted by atomic mass is 10.0. The van der Waals surface area contributed by atoms with E-state index in [2.05, 4.69) is 35.4 Å². The molecule has 3 rings (SSSR count). The average molecular weight is 322 g/mol. The second-order valence-corrected chi connectivity index (χ2v) is 6.05. The van der Waals surface area contributed by atoms with Gasteiger partial charge < -0.3 is 4.74 Å². The number of benzene rings is 2. The molecule has 0 fully saturated rings. The van der Waals surface area contributed by atoms with Crippen LogP contribution in [0.25, 0.3) is 10.8 Å². The standard InChI is InChI=1S/C20H22N2O2/c1-15-13-16(2)22(21-15)11-12-24-20(23)10-8-17-7-9-18-5-3-4-6-19(18)14-17/h3-7,9,13-14H,8,10-12H2,1-2H3. The van der Waals surface area contributed by atoms with Crippen molar-refractivity contribution in [1.29, 1.82) is 0 Å². The molecule has 0 bridgehead atoms. The molecular weight excluding hydrogens is 300 g/mol. The van der Waals surface area contributed by atoms with Gasteiger partial charge in [0.05, 0.1) is 12.2 Å². The lowest BCUT2D eigenvalue weighted by Gasteiger charge is -2.07. The Bertz CT molecular complexity index is 852. The summed E-state index contributed by atoms with van der Waals surface area (Å²) in [4.78, 5) is 11.9. The molecule has 4 heteroatoms. The highest BCUT2D eigenvalue weighted by molar-refractivity contribution is 5.83. The zero-order valence-corrected chi connectivity index (χ0v) is 14.2. The predicted octanol–water partition coefficient (Wildman–Crippen LogP) is 3.83. The van der Waals surface area contributed by atoms with E-state index in [1.165, 1.54) is 10.8 Å². The molecule has 0 N–H and O–H groups in total. The minimum absolute atomic E-state index is 0.162. The molecule has 4 nitrogen and oxygen atoms in total. The molecule has 2 aromatic carbocycles. The van der Waals surface area contributed by atoms with E-state index >= 15 is 0 Å². The van der Waals surface area contributed by atoms with Gasteiger partial charge in [-0.1, -0.05) is 42.5 Å². The summed E-state index contributed by atoms with van der Waals surface area (Å²) in [6.45, 7) is 4.92. The number of nitrogens with zero attached hydrogens (tertiary/aromatic N) is 2. The van der Waals surface area contributed by atoms with Gasteiger partial charge in [-0.15, -0.1) is 0 Å². The van der Waals surface area contributed by atoms with Crippen LogP contribution in [0.3, 0.4) is 0 Å². The Balaban J connectivity index is 1.47. The van der Waals surface area contributed by atoms with Crippen LogP contribution < -0.4 is 0 Å². The van der Waals surface area contributed by atoms with E-state index in [0.29, 0.717) is 26.0 Å². The first-order valence-corrected chi connectivity index (χ1v) is 8.26. The van der Waals surface area contributed by atoms with Crippen molar-refractivity contribution in [2.45, 2.75) is 33.2 Å². The fourth-order valence-electron chi connectivity index (χ4n) is 2.86. The molecular formula is C20H22N2O2. The second-order valence-electron chi connectivity index (χ2n) is 6.05. The van der Waals surface area contributed by atoms with Gasteiger partial charge >= 0.3 is 5.97 Å². The lowest BCUT2D eigenvalue weighted by molar-refractivity contribution is -0.143. The molecule has 1 heterocycles. The third-order valence-corrected chi connectivity index (χ3v) is 4.10. The summed E-state index contributed by atoms with van der Waals surface area (Å²) in [5.41, 5.74) is 3.22. The maximum Gasteiger partial charge on any atom is 0.306 e. The Labute approximate surface area is 142 Å². The van der Waals surface area contributed by atoms with Gasteiger partial charge in [-0.25, -0.2) is 0 Å². The molecule has 0 aliphatic rings. The number of carbonyl (C=O) groups is 1. The van der Waals surface area contributed by atoms with Gasteiger partial charge in [-0.3, -0.25) is 9.48 Å². The van der Waals surface area contributed by atoms with Gasteiger partial charge in [0.2, 0.25) is 0 Å². The fraction of sp³-hybridized carbons (Fsp3) is 0.300. The summed E-state index contributed by atoms with van der Waals surface area (Å²) < 4.78 is 7.19. The highest BCUT2D eigenvalue weighted by Gasteiger charge is 2.06. The first kappa shape index (κ1) is 16.2. The van der Waals surface area contributed by atoms with E-state index < -0.39 is 0 Å². The van der Waals surface area contributed by atoms with Crippen molar-refractivity contribution in [1.82, 2.24) is 9.78 Å². The van der Waals surface area contributed by atoms with Crippen molar-refractivity contribution < 1.29 is 9.53 Å². The smallest absolute Gasteiger partial charge is 0.306 e. The summed E-state index contributed by atoms with van der Waals surface area (Å²) in [6, 6.07) is 16.6. The number of aromatic nitrogens is 2. The van der Waals surface area contributed by atoms with Crippen LogP contribution in [0.2, 0.25) is 0 Å². The third kappa shape index (κ3) is 4.02. The summed E-state index contributed by atoms with van der Waals surface area (Å²) in [5, 5.41) is 6.77. The molecule has 0 radical (unpaired) electrons. The Hall–Kier alpha value is -2.62. The molecule has 0 aliphatic carbocycles. The number of carbonyl (C=O) groups excluding carboxylic acids is 1. The Morgan fingerprint density at radius 3 is 2.62 bits per heavy atom. The van der Waals surface area contributed by atoms with Crippen LogP contribution in [0.5, 0.6) is 0 Å². The van der Waals surface area contributed by atoms with E-state index in [0.717, 1.165) is 17.0 Å². The predicted molar refractivity (Wildman–Crippen MR) is 94.9 cm³/mol. The quantitative estimate of drug-likeness (QED) is 0.648. The molecule has 24 heavy (non-hydrogen) atoms. The van der Waals surface area contributed by atoms with E-state index in [-0.39, 0.29) is 5.97 Å². The number of esters is 1. The summed E-state index contributed by atoms with van der Waals surface area (Å²) in [6.07, 6.45) is 1.10. The maximum atomic E-state index is 11.9. The molecule has 0 aliphatic heterocycles. The zero-order valence-electron chi connectivity index (χ0n) is 14.2. The molecule has 0 unspecified atom stereocenters. The van der Waals surface area contributed by atoms with Crippen LogP contribution in [-0.4, -0.2) is 22.4 Å². The van der Waals surface area contributed by atoms with Crippen LogP contribution in [0.1, 0.15) is 23.4 Å². The Morgan fingerprint density at radius 1 is 1.08 bits per heavy atom. The van der Waals surface area contributed by atoms with Crippen molar-refractivity contribution in [3.05, 3.63) is 65.5 Å². The van der Waals surface area contributed by atoms with Crippen LogP contribution in [0, 0.1) is 13.8 Å². The van der Waals surface area contributed by atoms with Crippen LogP contribution in [0.15, 0.2) is 48.5 Å². The highest BCUT2D eigenvalue weighted by atomic mass is 16.5. The molecule has 3 aromatic rings. The minimum atomic E-state index is -0.162. The Kier molecular flexibility index (Phi) is 4.94. The molecule has 0 spiro atoms. The summed E-state index contributed by atoms with van der Waals surface area (Å²) >= 11 is 0. The third-order valence-electron chi connectivity index (χ3n) is 4.10. The molecule has 0 saturated heterocycles. The SMILES string of the molecule is Cc1cc(C)n(CCOC(=O)CCc2ccc3ccccc3c2)n1. The lowest BCUT2D eigenvalue weighted by Crippen LogP contribution is -2.13. The van der Waals surface area contributed by atoms with Crippen molar-refractivity contribution >= 4 is 16.7 Å². The van der Waals surface area contributed by atoms with Crippen LogP contribution in [-0.2, 0) is 22.5 Å². The van der Waals surface area contributed by atoms with Crippen molar-refractivity contribution in [2.75, 3.05) is 6.61 Å². The topological polar surface area (TPSA) is 44.1 Å². The largest absolute Gasteiger partial charge is 0.464 e. The molecule has 124 valence electrons. The number of hydrogen-bond acceptors (Lipinski definition) is 3. The summed E-state index contributed by atoms with van der Waals surface area (Å²) in [5.74, 6) is -0.162. The Morgan fingerprint density at radius 2 is 1.88 bits per heavy atom. The normalized spacial score (nSPS) is 10.9.